The minimum atomic E-state index is -0.711. The Balaban J connectivity index is 2.15. The van der Waals surface area contributed by atoms with Crippen molar-refractivity contribution in [3.63, 3.8) is 0 Å². The molecule has 1 N–H and O–H groups in total. The van der Waals surface area contributed by atoms with Crippen molar-refractivity contribution in [3.05, 3.63) is 35.1 Å². The number of carboxylic acids is 1. The van der Waals surface area contributed by atoms with Crippen molar-refractivity contribution in [3.8, 4) is 0 Å². The normalized spacial score (nSPS) is 25.0. The highest BCUT2D eigenvalue weighted by atomic mass is 19.1. The average Bonchev–Trinajstić information content (AvgIpc) is 2.41. The minimum absolute atomic E-state index is 0.161. The van der Waals surface area contributed by atoms with Crippen LogP contribution in [0.1, 0.15) is 49.7 Å². The van der Waals surface area contributed by atoms with Crippen molar-refractivity contribution in [1.29, 1.82) is 0 Å². The number of halogens is 1. The van der Waals surface area contributed by atoms with E-state index in [9.17, 15) is 14.3 Å². The van der Waals surface area contributed by atoms with Crippen LogP contribution < -0.4 is 0 Å². The third-order valence-electron chi connectivity index (χ3n) is 5.05. The molecular formula is C16H19FO2. The molecule has 0 bridgehead atoms. The molecule has 0 heterocycles. The van der Waals surface area contributed by atoms with Crippen LogP contribution in [0.5, 0.6) is 0 Å². The fourth-order valence-corrected chi connectivity index (χ4v) is 4.19. The fraction of sp³-hybridized carbons (Fsp3) is 0.562. The van der Waals surface area contributed by atoms with Crippen molar-refractivity contribution >= 4 is 5.97 Å². The van der Waals surface area contributed by atoms with Crippen molar-refractivity contribution in [2.24, 2.45) is 5.92 Å². The molecule has 0 aliphatic heterocycles. The summed E-state index contributed by atoms with van der Waals surface area (Å²) in [4.78, 5) is 11.6. The second-order valence-corrected chi connectivity index (χ2v) is 5.91. The number of carbonyl (C=O) groups is 1. The van der Waals surface area contributed by atoms with Gasteiger partial charge in [0.15, 0.2) is 0 Å². The summed E-state index contributed by atoms with van der Waals surface area (Å²) in [6, 6.07) is 5.18. The first kappa shape index (κ1) is 12.6. The maximum atomic E-state index is 14.0. The Kier molecular flexibility index (Phi) is 3.08. The van der Waals surface area contributed by atoms with E-state index in [4.69, 9.17) is 0 Å². The molecule has 3 heteroatoms. The van der Waals surface area contributed by atoms with Crippen LogP contribution in [0.15, 0.2) is 18.2 Å². The second kappa shape index (κ2) is 4.62. The van der Waals surface area contributed by atoms with Crippen LogP contribution in [0.4, 0.5) is 4.39 Å². The zero-order chi connectivity index (χ0) is 13.5. The van der Waals surface area contributed by atoms with Gasteiger partial charge in [-0.3, -0.25) is 4.79 Å². The van der Waals surface area contributed by atoms with Gasteiger partial charge in [-0.05, 0) is 42.9 Å². The second-order valence-electron chi connectivity index (χ2n) is 5.91. The van der Waals surface area contributed by atoms with Crippen LogP contribution in [0, 0.1) is 11.7 Å². The van der Waals surface area contributed by atoms with E-state index < -0.39 is 5.97 Å². The lowest BCUT2D eigenvalue weighted by atomic mass is 9.57. The maximum Gasteiger partial charge on any atom is 0.307 e. The first-order valence-electron chi connectivity index (χ1n) is 7.16. The largest absolute Gasteiger partial charge is 0.481 e. The van der Waals surface area contributed by atoms with Crippen molar-refractivity contribution in [2.75, 3.05) is 0 Å². The number of rotatable bonds is 1. The first-order valence-corrected chi connectivity index (χ1v) is 7.16. The Hall–Kier alpha value is -1.38. The zero-order valence-electron chi connectivity index (χ0n) is 11.0. The molecule has 0 aromatic heterocycles. The van der Waals surface area contributed by atoms with Crippen LogP contribution in [-0.4, -0.2) is 11.1 Å². The predicted molar refractivity (Wildman–Crippen MR) is 70.6 cm³/mol. The van der Waals surface area contributed by atoms with Crippen molar-refractivity contribution in [2.45, 2.75) is 50.4 Å². The van der Waals surface area contributed by atoms with E-state index in [2.05, 4.69) is 0 Å². The minimum Gasteiger partial charge on any atom is -0.481 e. The van der Waals surface area contributed by atoms with Gasteiger partial charge >= 0.3 is 5.97 Å². The van der Waals surface area contributed by atoms with Crippen LogP contribution >= 0.6 is 0 Å². The molecule has 1 unspecified atom stereocenters. The highest BCUT2D eigenvalue weighted by Gasteiger charge is 2.48. The summed E-state index contributed by atoms with van der Waals surface area (Å²) in [6.07, 6.45) is 6.18. The van der Waals surface area contributed by atoms with E-state index in [0.29, 0.717) is 12.8 Å². The Morgan fingerprint density at radius 3 is 2.68 bits per heavy atom. The van der Waals surface area contributed by atoms with Crippen LogP contribution in [0.2, 0.25) is 0 Å². The summed E-state index contributed by atoms with van der Waals surface area (Å²) in [6.45, 7) is 0. The highest BCUT2D eigenvalue weighted by Crippen LogP contribution is 2.51. The molecule has 2 aliphatic carbocycles. The number of fused-ring (bicyclic) bond motifs is 2. The molecule has 19 heavy (non-hydrogen) atoms. The Labute approximate surface area is 112 Å². The molecule has 1 spiro atoms. The quantitative estimate of drug-likeness (QED) is 0.838. The molecule has 1 atom stereocenters. The van der Waals surface area contributed by atoms with E-state index in [1.54, 1.807) is 6.07 Å². The summed E-state index contributed by atoms with van der Waals surface area (Å²) < 4.78 is 14.0. The molecular weight excluding hydrogens is 243 g/mol. The summed E-state index contributed by atoms with van der Waals surface area (Å²) in [5.74, 6) is -1.22. The van der Waals surface area contributed by atoms with Gasteiger partial charge in [0.1, 0.15) is 5.82 Å². The Bertz CT molecular complexity index is 503. The van der Waals surface area contributed by atoms with Gasteiger partial charge in [0.2, 0.25) is 0 Å². The summed E-state index contributed by atoms with van der Waals surface area (Å²) >= 11 is 0. The molecule has 102 valence electrons. The molecule has 1 aromatic rings. The van der Waals surface area contributed by atoms with Gasteiger partial charge in [-0.25, -0.2) is 4.39 Å². The molecule has 2 aliphatic rings. The first-order chi connectivity index (χ1) is 9.15. The fourth-order valence-electron chi connectivity index (χ4n) is 4.19. The summed E-state index contributed by atoms with van der Waals surface area (Å²) in [5, 5.41) is 9.56. The van der Waals surface area contributed by atoms with E-state index in [-0.39, 0.29) is 17.2 Å². The van der Waals surface area contributed by atoms with E-state index >= 15 is 0 Å². The van der Waals surface area contributed by atoms with E-state index in [1.165, 1.54) is 12.5 Å². The molecule has 0 saturated heterocycles. The van der Waals surface area contributed by atoms with Crippen LogP contribution in [-0.2, 0) is 16.6 Å². The summed E-state index contributed by atoms with van der Waals surface area (Å²) in [5.41, 5.74) is 1.42. The zero-order valence-corrected chi connectivity index (χ0v) is 11.0. The van der Waals surface area contributed by atoms with Gasteiger partial charge in [0.25, 0.3) is 0 Å². The standard InChI is InChI=1S/C16H19FO2/c17-14-6-4-5-12-11(14)7-8-13(15(18)19)16(12)9-2-1-3-10-16/h4-6,13H,1-3,7-10H2,(H,18,19). The highest BCUT2D eigenvalue weighted by molar-refractivity contribution is 5.73. The third-order valence-corrected chi connectivity index (χ3v) is 5.05. The van der Waals surface area contributed by atoms with Gasteiger partial charge in [0, 0.05) is 5.41 Å². The van der Waals surface area contributed by atoms with Gasteiger partial charge in [0.05, 0.1) is 5.92 Å². The van der Waals surface area contributed by atoms with E-state index in [1.807, 2.05) is 6.07 Å². The Morgan fingerprint density at radius 2 is 2.00 bits per heavy atom. The monoisotopic (exact) mass is 262 g/mol. The molecule has 3 rings (SSSR count). The lowest BCUT2D eigenvalue weighted by Gasteiger charge is -2.46. The number of carboxylic acid groups (broad SMARTS) is 1. The SMILES string of the molecule is O=C(O)C1CCc2c(F)cccc2C12CCCCC2. The average molecular weight is 262 g/mol. The molecule has 1 saturated carbocycles. The number of benzene rings is 1. The molecule has 1 aromatic carbocycles. The van der Waals surface area contributed by atoms with Crippen molar-refractivity contribution < 1.29 is 14.3 Å². The smallest absolute Gasteiger partial charge is 0.307 e. The molecule has 0 radical (unpaired) electrons. The lowest BCUT2D eigenvalue weighted by Crippen LogP contribution is -2.45. The molecule has 0 amide bonds. The topological polar surface area (TPSA) is 37.3 Å². The predicted octanol–water partition coefficient (Wildman–Crippen LogP) is 3.67. The van der Waals surface area contributed by atoms with Crippen molar-refractivity contribution in [1.82, 2.24) is 0 Å². The molecule has 2 nitrogen and oxygen atoms in total. The molecule has 1 fully saturated rings. The van der Waals surface area contributed by atoms with E-state index in [0.717, 1.165) is 36.8 Å². The number of aliphatic carboxylic acids is 1. The van der Waals surface area contributed by atoms with Gasteiger partial charge in [-0.2, -0.15) is 0 Å². The summed E-state index contributed by atoms with van der Waals surface area (Å²) in [7, 11) is 0. The third kappa shape index (κ3) is 1.87. The number of hydrogen-bond donors (Lipinski definition) is 1. The van der Waals surface area contributed by atoms with Gasteiger partial charge in [-0.1, -0.05) is 31.4 Å². The van der Waals surface area contributed by atoms with Crippen LogP contribution in [0.25, 0.3) is 0 Å². The number of hydrogen-bond acceptors (Lipinski definition) is 1. The van der Waals surface area contributed by atoms with Gasteiger partial charge < -0.3 is 5.11 Å². The Morgan fingerprint density at radius 1 is 1.26 bits per heavy atom. The lowest BCUT2D eigenvalue weighted by molar-refractivity contribution is -0.146. The maximum absolute atomic E-state index is 14.0. The van der Waals surface area contributed by atoms with Gasteiger partial charge in [-0.15, -0.1) is 0 Å². The van der Waals surface area contributed by atoms with Crippen LogP contribution in [0.3, 0.4) is 0 Å².